The first-order valence-corrected chi connectivity index (χ1v) is 5.47. The zero-order valence-corrected chi connectivity index (χ0v) is 9.89. The molecule has 1 aromatic rings. The van der Waals surface area contributed by atoms with E-state index in [9.17, 15) is 0 Å². The van der Waals surface area contributed by atoms with Gasteiger partial charge in [0.2, 0.25) is 0 Å². The van der Waals surface area contributed by atoms with E-state index >= 15 is 0 Å². The van der Waals surface area contributed by atoms with Crippen molar-refractivity contribution < 1.29 is 0 Å². The Morgan fingerprint density at radius 3 is 2.33 bits per heavy atom. The van der Waals surface area contributed by atoms with Gasteiger partial charge in [-0.25, -0.2) is 0 Å². The number of benzene rings is 1. The summed E-state index contributed by atoms with van der Waals surface area (Å²) in [7, 11) is 0. The Morgan fingerprint density at radius 2 is 1.80 bits per heavy atom. The molecule has 0 bridgehead atoms. The maximum atomic E-state index is 9.06. The summed E-state index contributed by atoms with van der Waals surface area (Å²) in [6.45, 7) is 8.50. The molecule has 1 aliphatic carbocycles. The van der Waals surface area contributed by atoms with Gasteiger partial charge in [-0.1, -0.05) is 12.1 Å². The predicted molar refractivity (Wildman–Crippen MR) is 61.7 cm³/mol. The second kappa shape index (κ2) is 3.10. The van der Waals surface area contributed by atoms with Crippen LogP contribution in [0.3, 0.4) is 0 Å². The molecule has 0 aromatic heterocycles. The molecular weight excluding hydrogens is 182 g/mol. The Labute approximate surface area is 91.7 Å². The van der Waals surface area contributed by atoms with Crippen LogP contribution in [0.1, 0.15) is 41.5 Å². The van der Waals surface area contributed by atoms with Gasteiger partial charge >= 0.3 is 0 Å². The molecule has 0 saturated heterocycles. The quantitative estimate of drug-likeness (QED) is 0.677. The zero-order valence-electron chi connectivity index (χ0n) is 9.89. The van der Waals surface area contributed by atoms with Gasteiger partial charge in [-0.15, -0.1) is 0 Å². The lowest BCUT2D eigenvalue weighted by Gasteiger charge is -2.10. The van der Waals surface area contributed by atoms with Crippen LogP contribution in [0.15, 0.2) is 12.1 Å². The Bertz CT molecular complexity index is 453. The molecule has 2 atom stereocenters. The number of hydrogen-bond donors (Lipinski definition) is 0. The third kappa shape index (κ3) is 1.55. The first kappa shape index (κ1) is 10.2. The van der Waals surface area contributed by atoms with Gasteiger partial charge in [-0.05, 0) is 56.4 Å². The highest BCUT2D eigenvalue weighted by molar-refractivity contribution is 5.44. The molecule has 1 saturated carbocycles. The van der Waals surface area contributed by atoms with E-state index in [1.165, 1.54) is 22.3 Å². The van der Waals surface area contributed by atoms with Gasteiger partial charge in [0.1, 0.15) is 0 Å². The van der Waals surface area contributed by atoms with Crippen LogP contribution >= 0.6 is 0 Å². The van der Waals surface area contributed by atoms with Gasteiger partial charge in [0.05, 0.1) is 11.5 Å². The normalized spacial score (nSPS) is 28.6. The van der Waals surface area contributed by atoms with Gasteiger partial charge in [0.15, 0.2) is 0 Å². The van der Waals surface area contributed by atoms with Crippen LogP contribution in [0, 0.1) is 37.5 Å². The summed E-state index contributed by atoms with van der Waals surface area (Å²) in [4.78, 5) is 0. The van der Waals surface area contributed by atoms with Crippen molar-refractivity contribution in [3.63, 3.8) is 0 Å². The van der Waals surface area contributed by atoms with E-state index in [0.29, 0.717) is 5.92 Å². The van der Waals surface area contributed by atoms with Gasteiger partial charge in [0.25, 0.3) is 0 Å². The maximum absolute atomic E-state index is 9.06. The van der Waals surface area contributed by atoms with Gasteiger partial charge in [-0.2, -0.15) is 5.26 Å². The third-order valence-electron chi connectivity index (χ3n) is 3.75. The average molecular weight is 199 g/mol. The molecular formula is C14H17N. The summed E-state index contributed by atoms with van der Waals surface area (Å²) < 4.78 is 0. The highest BCUT2D eigenvalue weighted by Crippen LogP contribution is 2.59. The van der Waals surface area contributed by atoms with Crippen LogP contribution in [0.4, 0.5) is 0 Å². The summed E-state index contributed by atoms with van der Waals surface area (Å²) in [6.07, 6.45) is 1.02. The van der Waals surface area contributed by atoms with E-state index in [0.717, 1.165) is 6.42 Å². The minimum Gasteiger partial charge on any atom is -0.198 e. The monoisotopic (exact) mass is 199 g/mol. The minimum absolute atomic E-state index is 0.105. The van der Waals surface area contributed by atoms with Crippen molar-refractivity contribution in [2.45, 2.75) is 40.0 Å². The molecule has 1 aliphatic rings. The SMILES string of the molecule is Cc1cc(C)c(C2CC2(C)C#N)cc1C. The number of nitriles is 1. The molecule has 0 spiro atoms. The fourth-order valence-corrected chi connectivity index (χ4v) is 2.30. The predicted octanol–water partition coefficient (Wildman–Crippen LogP) is 3.63. The van der Waals surface area contributed by atoms with Crippen molar-refractivity contribution >= 4 is 0 Å². The van der Waals surface area contributed by atoms with Gasteiger partial charge < -0.3 is 0 Å². The summed E-state index contributed by atoms with van der Waals surface area (Å²) in [5.74, 6) is 0.460. The first-order chi connectivity index (χ1) is 6.98. The Kier molecular flexibility index (Phi) is 2.12. The van der Waals surface area contributed by atoms with E-state index in [1.807, 2.05) is 0 Å². The largest absolute Gasteiger partial charge is 0.198 e. The zero-order chi connectivity index (χ0) is 11.2. The molecule has 2 unspecified atom stereocenters. The second-order valence-electron chi connectivity index (χ2n) is 5.08. The molecule has 1 aromatic carbocycles. The van der Waals surface area contributed by atoms with Crippen molar-refractivity contribution in [3.8, 4) is 6.07 Å². The van der Waals surface area contributed by atoms with Crippen molar-refractivity contribution in [2.75, 3.05) is 0 Å². The molecule has 15 heavy (non-hydrogen) atoms. The molecule has 0 radical (unpaired) electrons. The molecule has 0 N–H and O–H groups in total. The highest BCUT2D eigenvalue weighted by atomic mass is 14.5. The fraction of sp³-hybridized carbons (Fsp3) is 0.500. The molecule has 0 aliphatic heterocycles. The Balaban J connectivity index is 2.40. The summed E-state index contributed by atoms with van der Waals surface area (Å²) in [5.41, 5.74) is 5.29. The van der Waals surface area contributed by atoms with Crippen LogP contribution < -0.4 is 0 Å². The standard InChI is InChI=1S/C14H17N/c1-9-5-11(3)12(6-10(9)2)13-7-14(13,4)8-15/h5-6,13H,7H2,1-4H3. The maximum Gasteiger partial charge on any atom is 0.0693 e. The Hall–Kier alpha value is -1.29. The Morgan fingerprint density at radius 1 is 1.20 bits per heavy atom. The summed E-state index contributed by atoms with van der Waals surface area (Å²) in [5, 5.41) is 9.06. The van der Waals surface area contributed by atoms with Crippen LogP contribution in [0.25, 0.3) is 0 Å². The van der Waals surface area contributed by atoms with Crippen molar-refractivity contribution in [1.29, 1.82) is 5.26 Å². The lowest BCUT2D eigenvalue weighted by atomic mass is 9.94. The van der Waals surface area contributed by atoms with Crippen LogP contribution in [-0.4, -0.2) is 0 Å². The second-order valence-corrected chi connectivity index (χ2v) is 5.08. The smallest absolute Gasteiger partial charge is 0.0693 e. The average Bonchev–Trinajstić information content (AvgIpc) is 2.85. The van der Waals surface area contributed by atoms with E-state index in [2.05, 4.69) is 45.9 Å². The van der Waals surface area contributed by atoms with Crippen molar-refractivity contribution in [2.24, 2.45) is 5.41 Å². The molecule has 78 valence electrons. The van der Waals surface area contributed by atoms with Gasteiger partial charge in [-0.3, -0.25) is 0 Å². The molecule has 1 heteroatoms. The summed E-state index contributed by atoms with van der Waals surface area (Å²) in [6, 6.07) is 6.92. The van der Waals surface area contributed by atoms with E-state index in [1.54, 1.807) is 0 Å². The lowest BCUT2D eigenvalue weighted by Crippen LogP contribution is -1.97. The van der Waals surface area contributed by atoms with Crippen LogP contribution in [0.2, 0.25) is 0 Å². The van der Waals surface area contributed by atoms with Crippen LogP contribution in [0.5, 0.6) is 0 Å². The van der Waals surface area contributed by atoms with Crippen molar-refractivity contribution in [3.05, 3.63) is 34.4 Å². The molecule has 0 heterocycles. The molecule has 1 nitrogen and oxygen atoms in total. The fourth-order valence-electron chi connectivity index (χ4n) is 2.30. The van der Waals surface area contributed by atoms with Crippen molar-refractivity contribution in [1.82, 2.24) is 0 Å². The topological polar surface area (TPSA) is 23.8 Å². The minimum atomic E-state index is -0.105. The number of rotatable bonds is 1. The molecule has 2 rings (SSSR count). The first-order valence-electron chi connectivity index (χ1n) is 5.47. The highest BCUT2D eigenvalue weighted by Gasteiger charge is 2.51. The van der Waals surface area contributed by atoms with Crippen LogP contribution in [-0.2, 0) is 0 Å². The molecule has 0 amide bonds. The van der Waals surface area contributed by atoms with Gasteiger partial charge in [0, 0.05) is 5.92 Å². The number of hydrogen-bond acceptors (Lipinski definition) is 1. The van der Waals surface area contributed by atoms with E-state index < -0.39 is 0 Å². The molecule has 1 fully saturated rings. The summed E-state index contributed by atoms with van der Waals surface area (Å²) >= 11 is 0. The third-order valence-corrected chi connectivity index (χ3v) is 3.75. The van der Waals surface area contributed by atoms with E-state index in [4.69, 9.17) is 5.26 Å². The number of nitrogens with zero attached hydrogens (tertiary/aromatic N) is 1. The number of aryl methyl sites for hydroxylation is 3. The lowest BCUT2D eigenvalue weighted by molar-refractivity contribution is 0.725. The van der Waals surface area contributed by atoms with E-state index in [-0.39, 0.29) is 5.41 Å².